The van der Waals surface area contributed by atoms with Crippen LogP contribution in [-0.2, 0) is 9.59 Å². The fourth-order valence-corrected chi connectivity index (χ4v) is 6.12. The molecule has 4 aromatic carbocycles. The first-order valence-electron chi connectivity index (χ1n) is 15.3. The Labute approximate surface area is 276 Å². The van der Waals surface area contributed by atoms with Gasteiger partial charge in [-0.1, -0.05) is 39.8 Å². The molecule has 48 heavy (non-hydrogen) atoms. The summed E-state index contributed by atoms with van der Waals surface area (Å²) >= 11 is 0. The van der Waals surface area contributed by atoms with E-state index in [1.807, 2.05) is 0 Å². The second-order valence-corrected chi connectivity index (χ2v) is 12.6. The Morgan fingerprint density at radius 2 is 0.875 bits per heavy atom. The van der Waals surface area contributed by atoms with E-state index in [1.165, 1.54) is 13.8 Å². The molecule has 12 heteroatoms. The van der Waals surface area contributed by atoms with Crippen LogP contribution < -0.4 is 0 Å². The third-order valence-corrected chi connectivity index (χ3v) is 8.56. The summed E-state index contributed by atoms with van der Waals surface area (Å²) in [6.45, 7) is 13.2. The van der Waals surface area contributed by atoms with Gasteiger partial charge in [-0.05, 0) is 61.4 Å². The van der Waals surface area contributed by atoms with Crippen molar-refractivity contribution in [2.75, 3.05) is 0 Å². The van der Waals surface area contributed by atoms with Gasteiger partial charge in [0, 0.05) is 56.6 Å². The number of carboxylic acids is 2. The largest absolute Gasteiger partial charge is 0.507 e. The molecule has 0 saturated carbocycles. The first-order valence-corrected chi connectivity index (χ1v) is 15.3. The molecular formula is C36H40N2O10. The number of fused-ring (bicyclic) bond motifs is 2. The van der Waals surface area contributed by atoms with Crippen LogP contribution in [0, 0.1) is 13.8 Å². The van der Waals surface area contributed by atoms with Gasteiger partial charge in [-0.2, -0.15) is 0 Å². The van der Waals surface area contributed by atoms with E-state index in [9.17, 15) is 50.4 Å². The van der Waals surface area contributed by atoms with Crippen LogP contribution in [0.25, 0.3) is 32.7 Å². The first kappa shape index (κ1) is 35.3. The van der Waals surface area contributed by atoms with E-state index in [0.717, 1.165) is 12.4 Å². The SMILES string of the molecule is Cc1cc2c(C(C)C)c(O)c(O)c(C=N[C@@H](C)C(=O)O)c2c(O)c1-c1c(C)cc2c(C(C)C)c(O)c(O)c(C=N[C@@H](C)C(=O)O)c2c1O. The molecule has 0 unspecified atom stereocenters. The zero-order valence-corrected chi connectivity index (χ0v) is 27.9. The summed E-state index contributed by atoms with van der Waals surface area (Å²) < 4.78 is 0. The van der Waals surface area contributed by atoms with Crippen molar-refractivity contribution in [2.24, 2.45) is 9.98 Å². The lowest BCUT2D eigenvalue weighted by molar-refractivity contribution is -0.138. The maximum Gasteiger partial charge on any atom is 0.328 e. The number of carboxylic acid groups (broad SMARTS) is 2. The monoisotopic (exact) mass is 660 g/mol. The molecule has 254 valence electrons. The van der Waals surface area contributed by atoms with Gasteiger partial charge < -0.3 is 40.9 Å². The highest BCUT2D eigenvalue weighted by Gasteiger charge is 2.30. The van der Waals surface area contributed by atoms with E-state index in [1.54, 1.807) is 53.7 Å². The Morgan fingerprint density at radius 1 is 0.562 bits per heavy atom. The number of aliphatic imine (C=N–C) groups is 2. The van der Waals surface area contributed by atoms with Gasteiger partial charge in [0.15, 0.2) is 23.0 Å². The van der Waals surface area contributed by atoms with Crippen LogP contribution in [-0.4, -0.2) is 77.3 Å². The first-order chi connectivity index (χ1) is 22.3. The Bertz CT molecular complexity index is 1910. The number of aliphatic carboxylic acids is 2. The number of aromatic hydroxyl groups is 6. The summed E-state index contributed by atoms with van der Waals surface area (Å²) in [5.41, 5.74) is 1.52. The standard InChI is InChI=1S/C36H40N2O10/c1-13(2)23-19-9-15(5)25(31(41)27(19)21(29(39)33(23)43)11-37-17(7)35(45)46)26-16(6)10-20-24(14(3)4)34(44)30(40)22(28(20)32(26)42)12-38-18(8)36(47)48/h9-14,17-18,39-44H,1-8H3,(H,45,46)(H,47,48)/t17-,18-/m0/s1. The van der Waals surface area contributed by atoms with Crippen LogP contribution in [0.2, 0.25) is 0 Å². The number of phenols is 6. The van der Waals surface area contributed by atoms with Crippen LogP contribution in [0.15, 0.2) is 22.1 Å². The van der Waals surface area contributed by atoms with Crippen molar-refractivity contribution in [3.8, 4) is 45.6 Å². The summed E-state index contributed by atoms with van der Waals surface area (Å²) in [4.78, 5) is 31.0. The van der Waals surface area contributed by atoms with E-state index < -0.39 is 58.5 Å². The molecule has 0 saturated heterocycles. The van der Waals surface area contributed by atoms with Crippen LogP contribution in [0.3, 0.4) is 0 Å². The second kappa shape index (κ2) is 12.9. The number of hydrogen-bond acceptors (Lipinski definition) is 10. The maximum absolute atomic E-state index is 12.1. The third kappa shape index (κ3) is 5.78. The Balaban J connectivity index is 2.25. The molecule has 2 atom stereocenters. The lowest BCUT2D eigenvalue weighted by Gasteiger charge is -2.23. The summed E-state index contributed by atoms with van der Waals surface area (Å²) in [7, 11) is 0. The zero-order valence-electron chi connectivity index (χ0n) is 27.9. The molecule has 0 aromatic heterocycles. The minimum Gasteiger partial charge on any atom is -0.507 e. The molecule has 0 heterocycles. The van der Waals surface area contributed by atoms with Crippen LogP contribution in [0.5, 0.6) is 34.5 Å². The number of hydrogen-bond donors (Lipinski definition) is 8. The Hall–Kier alpha value is -5.52. The van der Waals surface area contributed by atoms with Crippen molar-refractivity contribution in [1.82, 2.24) is 0 Å². The van der Waals surface area contributed by atoms with Gasteiger partial charge in [-0.15, -0.1) is 0 Å². The molecule has 0 radical (unpaired) electrons. The number of aryl methyl sites for hydroxylation is 2. The molecule has 4 aromatic rings. The molecule has 0 fully saturated rings. The predicted molar refractivity (Wildman–Crippen MR) is 184 cm³/mol. The molecule has 4 rings (SSSR count). The van der Waals surface area contributed by atoms with Crippen molar-refractivity contribution in [3.63, 3.8) is 0 Å². The summed E-state index contributed by atoms with van der Waals surface area (Å²) in [5, 5.41) is 88.0. The molecule has 12 nitrogen and oxygen atoms in total. The molecule has 0 bridgehead atoms. The Morgan fingerprint density at radius 3 is 1.15 bits per heavy atom. The normalized spacial score (nSPS) is 13.5. The zero-order chi connectivity index (χ0) is 36.1. The molecule has 0 spiro atoms. The molecule has 0 aliphatic carbocycles. The number of rotatable bonds is 9. The van der Waals surface area contributed by atoms with Crippen molar-refractivity contribution in [1.29, 1.82) is 0 Å². The molecular weight excluding hydrogens is 620 g/mol. The van der Waals surface area contributed by atoms with E-state index in [2.05, 4.69) is 9.98 Å². The van der Waals surface area contributed by atoms with Gasteiger partial charge in [-0.25, -0.2) is 9.59 Å². The van der Waals surface area contributed by atoms with Crippen molar-refractivity contribution in [2.45, 2.75) is 79.3 Å². The molecule has 0 amide bonds. The number of benzene rings is 4. The van der Waals surface area contributed by atoms with Crippen molar-refractivity contribution in [3.05, 3.63) is 45.5 Å². The topological polar surface area (TPSA) is 221 Å². The lowest BCUT2D eigenvalue weighted by Crippen LogP contribution is -2.13. The molecule has 0 aliphatic rings. The smallest absolute Gasteiger partial charge is 0.328 e. The second-order valence-electron chi connectivity index (χ2n) is 12.6. The minimum absolute atomic E-state index is 0.0447. The van der Waals surface area contributed by atoms with Gasteiger partial charge >= 0.3 is 11.9 Å². The third-order valence-electron chi connectivity index (χ3n) is 8.56. The predicted octanol–water partition coefficient (Wildman–Crippen LogP) is 6.54. The minimum atomic E-state index is -1.23. The highest BCUT2D eigenvalue weighted by Crippen LogP contribution is 2.54. The summed E-state index contributed by atoms with van der Waals surface area (Å²) in [5.74, 6) is -6.09. The average Bonchev–Trinajstić information content (AvgIpc) is 2.98. The number of phenolic OH excluding ortho intramolecular Hbond substituents is 6. The lowest BCUT2D eigenvalue weighted by atomic mass is 9.83. The molecule has 0 aliphatic heterocycles. The fraction of sp³-hybridized carbons (Fsp3) is 0.333. The van der Waals surface area contributed by atoms with E-state index in [-0.39, 0.29) is 44.9 Å². The van der Waals surface area contributed by atoms with E-state index in [0.29, 0.717) is 33.0 Å². The van der Waals surface area contributed by atoms with E-state index in [4.69, 9.17) is 0 Å². The van der Waals surface area contributed by atoms with Gasteiger partial charge in [0.25, 0.3) is 0 Å². The summed E-state index contributed by atoms with van der Waals surface area (Å²) in [6, 6.07) is 0.914. The van der Waals surface area contributed by atoms with Crippen molar-refractivity contribution >= 4 is 45.9 Å². The van der Waals surface area contributed by atoms with E-state index >= 15 is 0 Å². The van der Waals surface area contributed by atoms with Crippen LogP contribution in [0.4, 0.5) is 0 Å². The highest BCUT2D eigenvalue weighted by molar-refractivity contribution is 6.15. The highest BCUT2D eigenvalue weighted by atomic mass is 16.4. The van der Waals surface area contributed by atoms with Gasteiger partial charge in [-0.3, -0.25) is 9.98 Å². The van der Waals surface area contributed by atoms with Crippen molar-refractivity contribution < 1.29 is 50.4 Å². The number of carbonyl (C=O) groups is 2. The van der Waals surface area contributed by atoms with Gasteiger partial charge in [0.2, 0.25) is 0 Å². The molecule has 8 N–H and O–H groups in total. The maximum atomic E-state index is 12.1. The number of nitrogens with zero attached hydrogens (tertiary/aromatic N) is 2. The van der Waals surface area contributed by atoms with Gasteiger partial charge in [0.1, 0.15) is 23.6 Å². The van der Waals surface area contributed by atoms with Gasteiger partial charge in [0.05, 0.1) is 0 Å². The average molecular weight is 661 g/mol. The fourth-order valence-electron chi connectivity index (χ4n) is 6.12. The quantitative estimate of drug-likeness (QED) is 0.0715. The summed E-state index contributed by atoms with van der Waals surface area (Å²) in [6.07, 6.45) is 2.14. The van der Waals surface area contributed by atoms with Crippen LogP contribution >= 0.6 is 0 Å². The Kier molecular flexibility index (Phi) is 9.52. The van der Waals surface area contributed by atoms with Crippen LogP contribution in [0.1, 0.15) is 86.8 Å².